The average Bonchev–Trinajstić information content (AvgIpc) is 2.15. The third kappa shape index (κ3) is 7.97. The monoisotopic (exact) mass is 204 g/mol. The molecule has 0 spiro atoms. The molecule has 1 atom stereocenters. The van der Waals surface area contributed by atoms with Gasteiger partial charge in [-0.15, -0.1) is 0 Å². The zero-order chi connectivity index (χ0) is 10.8. The van der Waals surface area contributed by atoms with Crippen LogP contribution in [0.2, 0.25) is 0 Å². The maximum absolute atomic E-state index is 11.1. The first kappa shape index (κ1) is 13.4. The highest BCUT2D eigenvalue weighted by molar-refractivity contribution is 5.69. The molecule has 0 aliphatic carbocycles. The number of carbonyl (C=O) groups is 1. The van der Waals surface area contributed by atoms with Gasteiger partial charge in [-0.05, 0) is 32.2 Å². The number of ether oxygens (including phenoxy) is 1. The highest BCUT2D eigenvalue weighted by Crippen LogP contribution is 2.01. The van der Waals surface area contributed by atoms with Crippen molar-refractivity contribution >= 4 is 5.97 Å². The summed E-state index contributed by atoms with van der Waals surface area (Å²) in [6.07, 6.45) is 2.39. The first-order chi connectivity index (χ1) is 6.70. The molecule has 0 aromatic heterocycles. The fourth-order valence-corrected chi connectivity index (χ4v) is 0.987. The van der Waals surface area contributed by atoms with Crippen molar-refractivity contribution in [2.24, 2.45) is 11.5 Å². The molecule has 1 unspecified atom stereocenters. The minimum atomic E-state index is -0.542. The number of hydrogen-bond donors (Lipinski definition) is 3. The summed E-state index contributed by atoms with van der Waals surface area (Å²) in [6, 6.07) is 0. The van der Waals surface area contributed by atoms with Crippen molar-refractivity contribution in [2.45, 2.75) is 38.3 Å². The first-order valence-electron chi connectivity index (χ1n) is 4.96. The summed E-state index contributed by atoms with van der Waals surface area (Å²) in [7, 11) is 0. The molecule has 0 aliphatic rings. The molecule has 0 bridgehead atoms. The van der Waals surface area contributed by atoms with E-state index in [-0.39, 0.29) is 12.6 Å². The Morgan fingerprint density at radius 3 is 2.64 bits per heavy atom. The van der Waals surface area contributed by atoms with Gasteiger partial charge < -0.3 is 15.6 Å². The molecule has 0 saturated carbocycles. The number of esters is 1. The van der Waals surface area contributed by atoms with Gasteiger partial charge in [0, 0.05) is 13.0 Å². The lowest BCUT2D eigenvalue weighted by Crippen LogP contribution is -2.27. The second-order valence-electron chi connectivity index (χ2n) is 3.14. The number of carbonyl (C=O) groups excluding carboxylic acids is 1. The van der Waals surface area contributed by atoms with E-state index in [4.69, 9.17) is 21.3 Å². The number of rotatable bonds is 8. The summed E-state index contributed by atoms with van der Waals surface area (Å²) >= 11 is 0. The van der Waals surface area contributed by atoms with E-state index in [2.05, 4.69) is 0 Å². The van der Waals surface area contributed by atoms with Crippen molar-refractivity contribution in [1.82, 2.24) is 0 Å². The standard InChI is InChI=1S/C9H20N2O3/c10-6-3-4-8(11)14-9(13)5-1-2-7-12/h8,12H,1-7,10-11H2. The highest BCUT2D eigenvalue weighted by atomic mass is 16.6. The van der Waals surface area contributed by atoms with Gasteiger partial charge in [-0.3, -0.25) is 10.5 Å². The van der Waals surface area contributed by atoms with Gasteiger partial charge in [-0.2, -0.15) is 0 Å². The predicted octanol–water partition coefficient (Wildman–Crippen LogP) is -0.284. The lowest BCUT2D eigenvalue weighted by molar-refractivity contribution is -0.149. The smallest absolute Gasteiger partial charge is 0.307 e. The zero-order valence-electron chi connectivity index (χ0n) is 8.45. The third-order valence-electron chi connectivity index (χ3n) is 1.76. The van der Waals surface area contributed by atoms with Gasteiger partial charge in [0.25, 0.3) is 0 Å². The van der Waals surface area contributed by atoms with Crippen LogP contribution in [0, 0.1) is 0 Å². The van der Waals surface area contributed by atoms with Crippen LogP contribution in [0.1, 0.15) is 32.1 Å². The van der Waals surface area contributed by atoms with Crippen LogP contribution in [0.4, 0.5) is 0 Å². The summed E-state index contributed by atoms with van der Waals surface area (Å²) in [6.45, 7) is 0.655. The molecule has 5 N–H and O–H groups in total. The molecule has 0 fully saturated rings. The summed E-state index contributed by atoms with van der Waals surface area (Å²) in [5, 5.41) is 8.49. The SMILES string of the molecule is NCCCC(N)OC(=O)CCCCO. The average molecular weight is 204 g/mol. The van der Waals surface area contributed by atoms with Crippen LogP contribution in [0.15, 0.2) is 0 Å². The predicted molar refractivity (Wildman–Crippen MR) is 53.3 cm³/mol. The minimum Gasteiger partial charge on any atom is -0.447 e. The summed E-state index contributed by atoms with van der Waals surface area (Å²) in [5.41, 5.74) is 10.8. The van der Waals surface area contributed by atoms with Crippen molar-refractivity contribution in [2.75, 3.05) is 13.2 Å². The van der Waals surface area contributed by atoms with Gasteiger partial charge in [0.2, 0.25) is 0 Å². The molecular weight excluding hydrogens is 184 g/mol. The highest BCUT2D eigenvalue weighted by Gasteiger charge is 2.08. The van der Waals surface area contributed by atoms with E-state index in [0.29, 0.717) is 32.2 Å². The summed E-state index contributed by atoms with van der Waals surface area (Å²) in [5.74, 6) is -0.303. The van der Waals surface area contributed by atoms with Crippen molar-refractivity contribution in [3.05, 3.63) is 0 Å². The number of unbranched alkanes of at least 4 members (excludes halogenated alkanes) is 1. The Labute approximate surface area is 84.4 Å². The van der Waals surface area contributed by atoms with Gasteiger partial charge in [0.1, 0.15) is 0 Å². The van der Waals surface area contributed by atoms with E-state index < -0.39 is 6.23 Å². The number of nitrogens with two attached hydrogens (primary N) is 2. The van der Waals surface area contributed by atoms with Crippen molar-refractivity contribution in [1.29, 1.82) is 0 Å². The maximum Gasteiger partial charge on any atom is 0.307 e. The van der Waals surface area contributed by atoms with Gasteiger partial charge >= 0.3 is 5.97 Å². The Morgan fingerprint density at radius 1 is 1.36 bits per heavy atom. The topological polar surface area (TPSA) is 98.6 Å². The van der Waals surface area contributed by atoms with Crippen LogP contribution in [0.25, 0.3) is 0 Å². The van der Waals surface area contributed by atoms with E-state index in [9.17, 15) is 4.79 Å². The molecule has 0 saturated heterocycles. The van der Waals surface area contributed by atoms with E-state index in [1.54, 1.807) is 0 Å². The Morgan fingerprint density at radius 2 is 2.07 bits per heavy atom. The van der Waals surface area contributed by atoms with Crippen LogP contribution >= 0.6 is 0 Å². The fourth-order valence-electron chi connectivity index (χ4n) is 0.987. The van der Waals surface area contributed by atoms with Crippen molar-refractivity contribution < 1.29 is 14.6 Å². The molecule has 5 nitrogen and oxygen atoms in total. The molecule has 0 aromatic carbocycles. The van der Waals surface area contributed by atoms with E-state index in [1.807, 2.05) is 0 Å². The van der Waals surface area contributed by atoms with Crippen LogP contribution in [0.3, 0.4) is 0 Å². The second-order valence-corrected chi connectivity index (χ2v) is 3.14. The molecule has 0 aromatic rings. The number of aliphatic hydroxyl groups excluding tert-OH is 1. The first-order valence-corrected chi connectivity index (χ1v) is 4.96. The van der Waals surface area contributed by atoms with E-state index in [1.165, 1.54) is 0 Å². The van der Waals surface area contributed by atoms with Gasteiger partial charge in [-0.25, -0.2) is 0 Å². The molecule has 5 heteroatoms. The van der Waals surface area contributed by atoms with Crippen LogP contribution in [0.5, 0.6) is 0 Å². The largest absolute Gasteiger partial charge is 0.447 e. The van der Waals surface area contributed by atoms with Gasteiger partial charge in [0.15, 0.2) is 6.23 Å². The molecule has 0 aliphatic heterocycles. The van der Waals surface area contributed by atoms with E-state index >= 15 is 0 Å². The quantitative estimate of drug-likeness (QED) is 0.287. The molecule has 0 rings (SSSR count). The molecule has 14 heavy (non-hydrogen) atoms. The summed E-state index contributed by atoms with van der Waals surface area (Å²) in [4.78, 5) is 11.1. The van der Waals surface area contributed by atoms with Crippen molar-refractivity contribution in [3.8, 4) is 0 Å². The Bertz CT molecular complexity index is 153. The maximum atomic E-state index is 11.1. The minimum absolute atomic E-state index is 0.104. The van der Waals surface area contributed by atoms with Gasteiger partial charge in [0.05, 0.1) is 0 Å². The second kappa shape index (κ2) is 8.93. The third-order valence-corrected chi connectivity index (χ3v) is 1.76. The molecule has 0 amide bonds. The lowest BCUT2D eigenvalue weighted by Gasteiger charge is -2.12. The molecular formula is C9H20N2O3. The van der Waals surface area contributed by atoms with Crippen LogP contribution in [-0.2, 0) is 9.53 Å². The Kier molecular flexibility index (Phi) is 8.51. The number of aliphatic hydroxyl groups is 1. The van der Waals surface area contributed by atoms with Gasteiger partial charge in [-0.1, -0.05) is 0 Å². The Hall–Kier alpha value is -0.650. The van der Waals surface area contributed by atoms with E-state index in [0.717, 1.165) is 6.42 Å². The normalized spacial score (nSPS) is 12.5. The fraction of sp³-hybridized carbons (Fsp3) is 0.889. The van der Waals surface area contributed by atoms with Crippen LogP contribution < -0.4 is 11.5 Å². The zero-order valence-corrected chi connectivity index (χ0v) is 8.45. The molecule has 0 heterocycles. The van der Waals surface area contributed by atoms with Crippen LogP contribution in [-0.4, -0.2) is 30.5 Å². The Balaban J connectivity index is 3.40. The number of hydrogen-bond acceptors (Lipinski definition) is 5. The summed E-state index contributed by atoms with van der Waals surface area (Å²) < 4.78 is 4.90. The lowest BCUT2D eigenvalue weighted by atomic mass is 10.2. The molecule has 84 valence electrons. The van der Waals surface area contributed by atoms with Crippen molar-refractivity contribution in [3.63, 3.8) is 0 Å². The molecule has 0 radical (unpaired) electrons.